The van der Waals surface area contributed by atoms with Gasteiger partial charge in [0.15, 0.2) is 0 Å². The van der Waals surface area contributed by atoms with Crippen LogP contribution in [0.1, 0.15) is 26.8 Å². The number of nitrogens with zero attached hydrogens (tertiary/aromatic N) is 4. The summed E-state index contributed by atoms with van der Waals surface area (Å²) in [4.78, 5) is 15.8. The van der Waals surface area contributed by atoms with Gasteiger partial charge in [0.25, 0.3) is 5.91 Å². The Bertz CT molecular complexity index is 891. The highest BCUT2D eigenvalue weighted by molar-refractivity contribution is 7.09. The summed E-state index contributed by atoms with van der Waals surface area (Å²) < 4.78 is 1.82. The third-order valence-corrected chi connectivity index (χ3v) is 5.00. The van der Waals surface area contributed by atoms with E-state index in [4.69, 9.17) is 0 Å². The van der Waals surface area contributed by atoms with E-state index in [1.807, 2.05) is 43.1 Å². The molecule has 3 rings (SSSR count). The van der Waals surface area contributed by atoms with Gasteiger partial charge in [-0.3, -0.25) is 14.6 Å². The van der Waals surface area contributed by atoms with Crippen molar-refractivity contribution in [3.8, 4) is 11.3 Å². The number of nitrogens with one attached hydrogen (secondary N) is 1. The summed E-state index contributed by atoms with van der Waals surface area (Å²) in [7, 11) is 1.90. The number of aryl methyl sites for hydroxylation is 2. The fraction of sp³-hybridized carbons (Fsp3) is 0.278. The molecule has 0 saturated heterocycles. The molecular weight excluding hydrogens is 334 g/mol. The fourth-order valence-electron chi connectivity index (χ4n) is 2.84. The topological polar surface area (TPSA) is 66.8 Å². The quantitative estimate of drug-likeness (QED) is 0.690. The Labute approximate surface area is 150 Å². The number of carbonyl (C=O) groups is 1. The highest BCUT2D eigenvalue weighted by Gasteiger charge is 2.21. The number of hydrogen-bond donors (Lipinski definition) is 1. The van der Waals surface area contributed by atoms with E-state index in [1.165, 1.54) is 0 Å². The summed E-state index contributed by atoms with van der Waals surface area (Å²) in [6, 6.07) is 5.80. The molecule has 6 nitrogen and oxygen atoms in total. The molecule has 0 atom stereocenters. The van der Waals surface area contributed by atoms with Crippen LogP contribution in [0.2, 0.25) is 0 Å². The molecular formula is C18H21N5OS. The fourth-order valence-corrected chi connectivity index (χ4v) is 3.56. The van der Waals surface area contributed by atoms with Crippen molar-refractivity contribution in [2.75, 3.05) is 6.54 Å². The standard InChI is InChI=1S/C18H21N5OS/c1-5-8-23(11-14-7-6-9-25-14)18(24)16-10-15(19-20-16)17-12(2)21-22(4)13(17)3/h5-7,9-10H,1,8,11H2,2-4H3,(H,19,20). The lowest BCUT2D eigenvalue weighted by Gasteiger charge is -2.19. The van der Waals surface area contributed by atoms with Crippen LogP contribution in [-0.2, 0) is 13.6 Å². The van der Waals surface area contributed by atoms with Gasteiger partial charge in [-0.25, -0.2) is 0 Å². The maximum absolute atomic E-state index is 12.9. The number of aromatic amines is 1. The van der Waals surface area contributed by atoms with Gasteiger partial charge in [0.1, 0.15) is 5.69 Å². The predicted molar refractivity (Wildman–Crippen MR) is 99.5 cm³/mol. The third kappa shape index (κ3) is 3.41. The summed E-state index contributed by atoms with van der Waals surface area (Å²) >= 11 is 1.63. The number of thiophene rings is 1. The molecule has 0 spiro atoms. The molecule has 0 saturated carbocycles. The number of rotatable bonds is 6. The van der Waals surface area contributed by atoms with Gasteiger partial charge in [-0.15, -0.1) is 17.9 Å². The molecule has 3 aromatic rings. The Morgan fingerprint density at radius 1 is 1.48 bits per heavy atom. The lowest BCUT2D eigenvalue weighted by molar-refractivity contribution is 0.0758. The molecule has 0 aliphatic carbocycles. The third-order valence-electron chi connectivity index (χ3n) is 4.14. The van der Waals surface area contributed by atoms with Gasteiger partial charge < -0.3 is 4.90 Å². The van der Waals surface area contributed by atoms with Gasteiger partial charge in [-0.2, -0.15) is 10.2 Å². The highest BCUT2D eigenvalue weighted by atomic mass is 32.1. The minimum atomic E-state index is -0.0914. The average molecular weight is 355 g/mol. The van der Waals surface area contributed by atoms with Crippen molar-refractivity contribution in [2.24, 2.45) is 7.05 Å². The molecule has 0 fully saturated rings. The van der Waals surface area contributed by atoms with E-state index in [2.05, 4.69) is 21.9 Å². The van der Waals surface area contributed by atoms with Crippen molar-refractivity contribution < 1.29 is 4.79 Å². The van der Waals surface area contributed by atoms with Crippen LogP contribution in [0.5, 0.6) is 0 Å². The van der Waals surface area contributed by atoms with E-state index in [-0.39, 0.29) is 5.91 Å². The molecule has 130 valence electrons. The van der Waals surface area contributed by atoms with Crippen LogP contribution < -0.4 is 0 Å². The molecule has 0 aliphatic rings. The maximum atomic E-state index is 12.9. The van der Waals surface area contributed by atoms with E-state index < -0.39 is 0 Å². The normalized spacial score (nSPS) is 10.8. The van der Waals surface area contributed by atoms with E-state index >= 15 is 0 Å². The molecule has 0 aromatic carbocycles. The van der Waals surface area contributed by atoms with Gasteiger partial charge in [0.2, 0.25) is 0 Å². The Balaban J connectivity index is 1.86. The summed E-state index contributed by atoms with van der Waals surface area (Å²) in [5, 5.41) is 13.6. The van der Waals surface area contributed by atoms with Crippen LogP contribution in [-0.4, -0.2) is 37.3 Å². The van der Waals surface area contributed by atoms with Crippen LogP contribution in [0.4, 0.5) is 0 Å². The lowest BCUT2D eigenvalue weighted by atomic mass is 10.1. The van der Waals surface area contributed by atoms with E-state index in [9.17, 15) is 4.79 Å². The van der Waals surface area contributed by atoms with Crippen LogP contribution in [0.15, 0.2) is 36.2 Å². The largest absolute Gasteiger partial charge is 0.328 e. The van der Waals surface area contributed by atoms with Crippen LogP contribution in [0, 0.1) is 13.8 Å². The molecule has 25 heavy (non-hydrogen) atoms. The Kier molecular flexibility index (Phi) is 4.85. The Morgan fingerprint density at radius 2 is 2.28 bits per heavy atom. The number of aromatic nitrogens is 4. The van der Waals surface area contributed by atoms with Crippen LogP contribution in [0.3, 0.4) is 0 Å². The minimum absolute atomic E-state index is 0.0914. The van der Waals surface area contributed by atoms with Crippen molar-refractivity contribution in [3.05, 3.63) is 58.2 Å². The minimum Gasteiger partial charge on any atom is -0.328 e. The monoisotopic (exact) mass is 355 g/mol. The van der Waals surface area contributed by atoms with Crippen molar-refractivity contribution in [1.82, 2.24) is 24.9 Å². The number of carbonyl (C=O) groups excluding carboxylic acids is 1. The first-order chi connectivity index (χ1) is 12.0. The molecule has 0 radical (unpaired) electrons. The van der Waals surface area contributed by atoms with Crippen molar-refractivity contribution in [1.29, 1.82) is 0 Å². The van der Waals surface area contributed by atoms with E-state index in [1.54, 1.807) is 28.4 Å². The first-order valence-corrected chi connectivity index (χ1v) is 8.87. The molecule has 3 aromatic heterocycles. The van der Waals surface area contributed by atoms with Gasteiger partial charge in [-0.05, 0) is 31.4 Å². The van der Waals surface area contributed by atoms with Crippen molar-refractivity contribution in [3.63, 3.8) is 0 Å². The van der Waals surface area contributed by atoms with E-state index in [0.717, 1.165) is 27.5 Å². The summed E-state index contributed by atoms with van der Waals surface area (Å²) in [6.45, 7) is 8.73. The van der Waals surface area contributed by atoms with Gasteiger partial charge >= 0.3 is 0 Å². The van der Waals surface area contributed by atoms with Gasteiger partial charge in [-0.1, -0.05) is 12.1 Å². The van der Waals surface area contributed by atoms with Crippen LogP contribution >= 0.6 is 11.3 Å². The SMILES string of the molecule is C=CCN(Cc1cccs1)C(=O)c1cc(-c2c(C)nn(C)c2C)n[nH]1. The molecule has 3 heterocycles. The number of amides is 1. The highest BCUT2D eigenvalue weighted by Crippen LogP contribution is 2.25. The molecule has 1 N–H and O–H groups in total. The zero-order valence-electron chi connectivity index (χ0n) is 14.6. The van der Waals surface area contributed by atoms with Gasteiger partial charge in [0, 0.05) is 29.7 Å². The zero-order valence-corrected chi connectivity index (χ0v) is 15.4. The van der Waals surface area contributed by atoms with Crippen molar-refractivity contribution >= 4 is 17.2 Å². The Morgan fingerprint density at radius 3 is 2.88 bits per heavy atom. The first kappa shape index (κ1) is 17.2. The zero-order chi connectivity index (χ0) is 18.0. The molecule has 0 bridgehead atoms. The summed E-state index contributed by atoms with van der Waals surface area (Å²) in [5.41, 5.74) is 4.08. The maximum Gasteiger partial charge on any atom is 0.272 e. The number of hydrogen-bond acceptors (Lipinski definition) is 4. The second-order valence-electron chi connectivity index (χ2n) is 5.89. The summed E-state index contributed by atoms with van der Waals surface area (Å²) in [6.07, 6.45) is 1.73. The first-order valence-electron chi connectivity index (χ1n) is 7.99. The van der Waals surface area contributed by atoms with Gasteiger partial charge in [0.05, 0.1) is 17.9 Å². The second kappa shape index (κ2) is 7.06. The molecule has 0 aliphatic heterocycles. The predicted octanol–water partition coefficient (Wildman–Crippen LogP) is 3.32. The molecule has 0 unspecified atom stereocenters. The van der Waals surface area contributed by atoms with Crippen molar-refractivity contribution in [2.45, 2.75) is 20.4 Å². The Hall–Kier alpha value is -2.67. The van der Waals surface area contributed by atoms with Crippen LogP contribution in [0.25, 0.3) is 11.3 Å². The lowest BCUT2D eigenvalue weighted by Crippen LogP contribution is -2.30. The summed E-state index contributed by atoms with van der Waals surface area (Å²) in [5.74, 6) is -0.0914. The average Bonchev–Trinajstić information content (AvgIpc) is 3.29. The second-order valence-corrected chi connectivity index (χ2v) is 6.92. The molecule has 7 heteroatoms. The molecule has 1 amide bonds. The smallest absolute Gasteiger partial charge is 0.272 e. The number of H-pyrrole nitrogens is 1. The van der Waals surface area contributed by atoms with E-state index in [0.29, 0.717) is 18.8 Å².